The van der Waals surface area contributed by atoms with Crippen molar-refractivity contribution < 1.29 is 28.6 Å². The highest BCUT2D eigenvalue weighted by Crippen LogP contribution is 2.31. The number of aromatic carboxylic acids is 1. The first-order valence-corrected chi connectivity index (χ1v) is 22.1. The standard InChI is InChI=1S/C27H34FN7O3S.C14H21N3O4/c28-17-11-21-24(30-13-17)34(20-7-9-39-10-8-20)27(38)35(26(21)37)19-4-2-18(3-5-19)31-25(36)22-15-33-14-16(12-29)1-6-23(33)32-22;1-14(2,3)21-13(20)15-6-9-4-5-11-16-10(12(18)19)8-17(11)7-9/h11,13,15-16,18-20H,1-10,12,14,29H2,(H,31,36);8-9H,4-7H2,1-3H3,(H,15,20)(H,18,19)/t16?,18-,19+;. The summed E-state index contributed by atoms with van der Waals surface area (Å²) < 4.78 is 26.2. The number of pyridine rings is 1. The zero-order valence-corrected chi connectivity index (χ0v) is 35.2. The first-order chi connectivity index (χ1) is 28.7. The zero-order valence-electron chi connectivity index (χ0n) is 34.4. The fraction of sp³-hybridized carbons (Fsp3) is 0.610. The number of hydrogen-bond donors (Lipinski definition) is 4. The summed E-state index contributed by atoms with van der Waals surface area (Å²) in [6.45, 7) is 8.03. The maximum absolute atomic E-state index is 14.1. The number of carbonyl (C=O) groups excluding carboxylic acids is 2. The number of halogens is 1. The number of thioether (sulfide) groups is 1. The third kappa shape index (κ3) is 9.94. The highest BCUT2D eigenvalue weighted by molar-refractivity contribution is 7.99. The summed E-state index contributed by atoms with van der Waals surface area (Å²) in [4.78, 5) is 75.5. The molecule has 1 saturated carbocycles. The lowest BCUT2D eigenvalue weighted by Gasteiger charge is -2.31. The quantitative estimate of drug-likeness (QED) is 0.197. The minimum Gasteiger partial charge on any atom is -0.476 e. The van der Waals surface area contributed by atoms with Crippen LogP contribution in [0.2, 0.25) is 0 Å². The number of carboxylic acids is 1. The second-order valence-electron chi connectivity index (χ2n) is 17.3. The molecule has 3 aliphatic heterocycles. The van der Waals surface area contributed by atoms with E-state index in [2.05, 4.69) is 25.6 Å². The minimum atomic E-state index is -1.01. The Kier molecular flexibility index (Phi) is 13.1. The molecule has 8 rings (SSSR count). The Labute approximate surface area is 350 Å². The van der Waals surface area contributed by atoms with Crippen LogP contribution in [-0.4, -0.2) is 92.5 Å². The van der Waals surface area contributed by atoms with Gasteiger partial charge < -0.3 is 35.3 Å². The summed E-state index contributed by atoms with van der Waals surface area (Å²) in [5, 5.41) is 14.9. The molecule has 17 nitrogen and oxygen atoms in total. The van der Waals surface area contributed by atoms with Gasteiger partial charge in [0.05, 0.1) is 11.6 Å². The summed E-state index contributed by atoms with van der Waals surface area (Å²) in [5.41, 5.74) is 5.22. The van der Waals surface area contributed by atoms with Gasteiger partial charge in [-0.25, -0.2) is 33.7 Å². The maximum atomic E-state index is 14.1. The summed E-state index contributed by atoms with van der Waals surface area (Å²) in [7, 11) is 0. The molecule has 0 spiro atoms. The number of nitrogens with one attached hydrogen (secondary N) is 2. The molecule has 2 unspecified atom stereocenters. The van der Waals surface area contributed by atoms with Gasteiger partial charge in [0, 0.05) is 63.0 Å². The number of hydrogen-bond acceptors (Lipinski definition) is 11. The topological polar surface area (TPSA) is 223 Å². The number of nitrogens with zero attached hydrogens (tertiary/aromatic N) is 7. The van der Waals surface area contributed by atoms with E-state index < -0.39 is 29.0 Å². The summed E-state index contributed by atoms with van der Waals surface area (Å²) >= 11 is 1.84. The lowest BCUT2D eigenvalue weighted by Crippen LogP contribution is -2.46. The molecule has 0 aromatic carbocycles. The molecule has 4 aromatic rings. The molecule has 1 aliphatic carbocycles. The molecule has 4 aliphatic rings. The average molecular weight is 851 g/mol. The Bertz CT molecular complexity index is 2340. The largest absolute Gasteiger partial charge is 0.476 e. The second-order valence-corrected chi connectivity index (χ2v) is 18.5. The van der Waals surface area contributed by atoms with Gasteiger partial charge in [-0.2, -0.15) is 11.8 Å². The van der Waals surface area contributed by atoms with Crippen LogP contribution in [-0.2, 0) is 30.7 Å². The zero-order chi connectivity index (χ0) is 42.7. The number of aromatic nitrogens is 7. The van der Waals surface area contributed by atoms with Crippen molar-refractivity contribution in [2.24, 2.45) is 17.6 Å². The molecule has 0 radical (unpaired) electrons. The second kappa shape index (κ2) is 18.3. The fourth-order valence-electron chi connectivity index (χ4n) is 8.68. The normalized spacial score (nSPS) is 21.9. The SMILES string of the molecule is CC(C)(C)OC(=O)NCC1CCc2nc(C(=O)O)cn2C1.NCC1CCc2nc(C(=O)N[C@H]3CC[C@@H](n4c(=O)c5cc(F)cnc5n(C5CCSCC5)c4=O)CC3)cn2C1. The first-order valence-electron chi connectivity index (χ1n) is 20.9. The van der Waals surface area contributed by atoms with Crippen LogP contribution in [0, 0.1) is 17.7 Å². The Morgan fingerprint density at radius 2 is 1.52 bits per heavy atom. The van der Waals surface area contributed by atoms with Gasteiger partial charge >= 0.3 is 17.8 Å². The summed E-state index contributed by atoms with van der Waals surface area (Å²) in [6, 6.07) is 0.739. The number of fused-ring (bicyclic) bond motifs is 3. The number of rotatable bonds is 8. The lowest BCUT2D eigenvalue weighted by atomic mass is 9.90. The van der Waals surface area contributed by atoms with Crippen LogP contribution in [0.5, 0.6) is 0 Å². The summed E-state index contributed by atoms with van der Waals surface area (Å²) in [6.07, 6.45) is 11.4. The summed E-state index contributed by atoms with van der Waals surface area (Å²) in [5.74, 6) is 2.41. The minimum absolute atomic E-state index is 0.0671. The number of carboxylic acid groups (broad SMARTS) is 1. The molecule has 2 fully saturated rings. The van der Waals surface area contributed by atoms with Crippen molar-refractivity contribution in [1.29, 1.82) is 0 Å². The van der Waals surface area contributed by atoms with E-state index in [4.69, 9.17) is 15.6 Å². The van der Waals surface area contributed by atoms with E-state index in [1.165, 1.54) is 10.6 Å². The van der Waals surface area contributed by atoms with E-state index in [1.54, 1.807) is 10.8 Å². The van der Waals surface area contributed by atoms with Crippen molar-refractivity contribution >= 4 is 40.8 Å². The van der Waals surface area contributed by atoms with Crippen molar-refractivity contribution in [3.63, 3.8) is 0 Å². The van der Waals surface area contributed by atoms with Crippen LogP contribution in [0.15, 0.2) is 34.2 Å². The van der Waals surface area contributed by atoms with E-state index in [1.807, 2.05) is 47.9 Å². The predicted molar refractivity (Wildman–Crippen MR) is 223 cm³/mol. The van der Waals surface area contributed by atoms with Crippen LogP contribution in [0.1, 0.15) is 117 Å². The third-order valence-corrected chi connectivity index (χ3v) is 12.8. The van der Waals surface area contributed by atoms with Gasteiger partial charge in [0.1, 0.15) is 34.4 Å². The van der Waals surface area contributed by atoms with Gasteiger partial charge in [0.25, 0.3) is 11.5 Å². The van der Waals surface area contributed by atoms with Gasteiger partial charge in [-0.3, -0.25) is 18.7 Å². The van der Waals surface area contributed by atoms with Crippen LogP contribution >= 0.6 is 11.8 Å². The molecule has 2 amide bonds. The number of amides is 2. The van der Waals surface area contributed by atoms with Crippen molar-refractivity contribution in [2.45, 2.75) is 122 Å². The van der Waals surface area contributed by atoms with Crippen molar-refractivity contribution in [2.75, 3.05) is 24.6 Å². The third-order valence-electron chi connectivity index (χ3n) is 11.8. The molecule has 60 heavy (non-hydrogen) atoms. The molecule has 5 N–H and O–H groups in total. The highest BCUT2D eigenvalue weighted by atomic mass is 32.2. The maximum Gasteiger partial charge on any atom is 0.407 e. The number of aryl methyl sites for hydroxylation is 2. The Morgan fingerprint density at radius 3 is 2.17 bits per heavy atom. The van der Waals surface area contributed by atoms with Gasteiger partial charge in [0.2, 0.25) is 0 Å². The fourth-order valence-corrected chi connectivity index (χ4v) is 9.76. The van der Waals surface area contributed by atoms with Crippen LogP contribution < -0.4 is 27.6 Å². The molecule has 19 heteroatoms. The lowest BCUT2D eigenvalue weighted by molar-refractivity contribution is 0.0514. The molecule has 4 aromatic heterocycles. The average Bonchev–Trinajstić information content (AvgIpc) is 3.86. The molecule has 7 heterocycles. The Hall–Kier alpha value is -5.04. The number of imidazole rings is 2. The first kappa shape index (κ1) is 43.1. The van der Waals surface area contributed by atoms with Crippen molar-refractivity contribution in [3.05, 3.63) is 74.3 Å². The highest BCUT2D eigenvalue weighted by Gasteiger charge is 2.31. The van der Waals surface area contributed by atoms with Gasteiger partial charge in [0.15, 0.2) is 5.69 Å². The van der Waals surface area contributed by atoms with Crippen molar-refractivity contribution in [1.82, 2.24) is 43.9 Å². The molecular weight excluding hydrogens is 796 g/mol. The molecule has 2 atom stereocenters. The van der Waals surface area contributed by atoms with Gasteiger partial charge in [-0.1, -0.05) is 0 Å². The molecule has 1 saturated heterocycles. The van der Waals surface area contributed by atoms with Crippen LogP contribution in [0.3, 0.4) is 0 Å². The molecular formula is C41H55FN10O7S. The van der Waals surface area contributed by atoms with Crippen molar-refractivity contribution in [3.8, 4) is 0 Å². The number of alkyl carbamates (subject to hydrolysis) is 1. The number of carbonyl (C=O) groups is 3. The number of nitrogens with two attached hydrogens (primary N) is 1. The predicted octanol–water partition coefficient (Wildman–Crippen LogP) is 4.07. The van der Waals surface area contributed by atoms with Gasteiger partial charge in [-0.15, -0.1) is 0 Å². The molecule has 0 bridgehead atoms. The number of ether oxygens (including phenoxy) is 1. The van der Waals surface area contributed by atoms with Crippen LogP contribution in [0.4, 0.5) is 9.18 Å². The Balaban J connectivity index is 0.000000219. The van der Waals surface area contributed by atoms with E-state index in [-0.39, 0.29) is 52.4 Å². The monoisotopic (exact) mass is 850 g/mol. The van der Waals surface area contributed by atoms with Crippen LogP contribution in [0.25, 0.3) is 11.0 Å². The van der Waals surface area contributed by atoms with E-state index >= 15 is 0 Å². The molecule has 324 valence electrons. The van der Waals surface area contributed by atoms with Gasteiger partial charge in [-0.05, 0) is 108 Å². The van der Waals surface area contributed by atoms with E-state index in [0.29, 0.717) is 63.4 Å². The Morgan fingerprint density at radius 1 is 0.900 bits per heavy atom. The smallest absolute Gasteiger partial charge is 0.407 e. The van der Waals surface area contributed by atoms with E-state index in [9.17, 15) is 28.4 Å². The van der Waals surface area contributed by atoms with E-state index in [0.717, 1.165) is 68.0 Å².